The number of hydrogen-bond acceptors (Lipinski definition) is 6. The number of para-hydroxylation sites is 1. The SMILES string of the molecule is CN(CCO)CCCS(=O)(=O)N(CCc1c[nH]c2ccccc12)Cc1ccc(/C=C/C(=O)NO)cc1. The Labute approximate surface area is 212 Å². The molecule has 1 heterocycles. The highest BCUT2D eigenvalue weighted by Gasteiger charge is 2.22. The molecule has 3 rings (SSSR count). The number of aromatic amines is 1. The first-order valence-corrected chi connectivity index (χ1v) is 13.5. The average molecular weight is 515 g/mol. The first kappa shape index (κ1) is 27.6. The van der Waals surface area contributed by atoms with E-state index < -0.39 is 15.9 Å². The fourth-order valence-electron chi connectivity index (χ4n) is 3.98. The van der Waals surface area contributed by atoms with Crippen LogP contribution in [-0.4, -0.2) is 77.9 Å². The number of aliphatic hydroxyl groups excluding tert-OH is 1. The first-order valence-electron chi connectivity index (χ1n) is 11.9. The number of hydroxylamine groups is 1. The zero-order chi connectivity index (χ0) is 26.0. The van der Waals surface area contributed by atoms with E-state index in [1.165, 1.54) is 15.9 Å². The Balaban J connectivity index is 1.73. The number of amides is 1. The van der Waals surface area contributed by atoms with Gasteiger partial charge in [-0.05, 0) is 55.3 Å². The van der Waals surface area contributed by atoms with E-state index in [-0.39, 0.29) is 18.9 Å². The Kier molecular flexibility index (Phi) is 10.2. The Morgan fingerprint density at radius 3 is 2.56 bits per heavy atom. The molecule has 0 atom stereocenters. The average Bonchev–Trinajstić information content (AvgIpc) is 3.28. The van der Waals surface area contributed by atoms with Crippen molar-refractivity contribution in [3.05, 3.63) is 77.5 Å². The van der Waals surface area contributed by atoms with Crippen molar-refractivity contribution in [3.63, 3.8) is 0 Å². The van der Waals surface area contributed by atoms with Crippen LogP contribution in [-0.2, 0) is 27.8 Å². The van der Waals surface area contributed by atoms with Crippen LogP contribution in [0, 0.1) is 0 Å². The Morgan fingerprint density at radius 2 is 1.83 bits per heavy atom. The summed E-state index contributed by atoms with van der Waals surface area (Å²) in [7, 11) is -1.67. The highest BCUT2D eigenvalue weighted by Crippen LogP contribution is 2.20. The molecule has 1 aromatic heterocycles. The monoisotopic (exact) mass is 514 g/mol. The molecule has 10 heteroatoms. The van der Waals surface area contributed by atoms with Gasteiger partial charge in [0, 0.05) is 42.8 Å². The predicted octanol–water partition coefficient (Wildman–Crippen LogP) is 2.38. The van der Waals surface area contributed by atoms with E-state index in [2.05, 4.69) is 4.98 Å². The summed E-state index contributed by atoms with van der Waals surface area (Å²) >= 11 is 0. The largest absolute Gasteiger partial charge is 0.395 e. The van der Waals surface area contributed by atoms with Crippen LogP contribution >= 0.6 is 0 Å². The quantitative estimate of drug-likeness (QED) is 0.149. The number of carbonyl (C=O) groups excluding carboxylic acids is 1. The van der Waals surface area contributed by atoms with Gasteiger partial charge in [0.15, 0.2) is 0 Å². The van der Waals surface area contributed by atoms with Crippen molar-refractivity contribution in [1.29, 1.82) is 0 Å². The summed E-state index contributed by atoms with van der Waals surface area (Å²) in [6, 6.07) is 15.2. The molecule has 9 nitrogen and oxygen atoms in total. The molecule has 0 aliphatic heterocycles. The van der Waals surface area contributed by atoms with Crippen LogP contribution in [0.5, 0.6) is 0 Å². The van der Waals surface area contributed by atoms with Crippen LogP contribution in [0.2, 0.25) is 0 Å². The van der Waals surface area contributed by atoms with Gasteiger partial charge < -0.3 is 15.0 Å². The number of aromatic nitrogens is 1. The smallest absolute Gasteiger partial charge is 0.267 e. The molecule has 0 spiro atoms. The predicted molar refractivity (Wildman–Crippen MR) is 141 cm³/mol. The van der Waals surface area contributed by atoms with Gasteiger partial charge in [0.25, 0.3) is 5.91 Å². The summed E-state index contributed by atoms with van der Waals surface area (Å²) in [5.41, 5.74) is 5.21. The van der Waals surface area contributed by atoms with Gasteiger partial charge in [-0.25, -0.2) is 13.9 Å². The third kappa shape index (κ3) is 8.00. The summed E-state index contributed by atoms with van der Waals surface area (Å²) in [5, 5.41) is 18.8. The molecule has 0 saturated carbocycles. The minimum absolute atomic E-state index is 0.0216. The Bertz CT molecular complexity index is 1250. The van der Waals surface area contributed by atoms with E-state index in [4.69, 9.17) is 10.3 Å². The van der Waals surface area contributed by atoms with Crippen LogP contribution in [0.1, 0.15) is 23.1 Å². The molecule has 0 unspecified atom stereocenters. The van der Waals surface area contributed by atoms with Crippen molar-refractivity contribution in [3.8, 4) is 0 Å². The van der Waals surface area contributed by atoms with E-state index in [0.717, 1.165) is 27.6 Å². The minimum atomic E-state index is -3.53. The van der Waals surface area contributed by atoms with E-state index in [1.54, 1.807) is 18.2 Å². The number of H-pyrrole nitrogens is 1. The molecule has 0 aliphatic rings. The number of carbonyl (C=O) groups is 1. The van der Waals surface area contributed by atoms with Crippen molar-refractivity contribution in [2.45, 2.75) is 19.4 Å². The third-order valence-corrected chi connectivity index (χ3v) is 7.90. The maximum Gasteiger partial charge on any atom is 0.267 e. The van der Waals surface area contributed by atoms with Crippen molar-refractivity contribution >= 4 is 32.9 Å². The van der Waals surface area contributed by atoms with E-state index in [9.17, 15) is 13.2 Å². The number of rotatable bonds is 14. The molecule has 0 aliphatic carbocycles. The third-order valence-electron chi connectivity index (χ3n) is 6.00. The molecule has 0 fully saturated rings. The van der Waals surface area contributed by atoms with Crippen LogP contribution < -0.4 is 5.48 Å². The molecule has 194 valence electrons. The van der Waals surface area contributed by atoms with Gasteiger partial charge in [0.2, 0.25) is 10.0 Å². The number of hydrogen-bond donors (Lipinski definition) is 4. The maximum atomic E-state index is 13.3. The second-order valence-corrected chi connectivity index (χ2v) is 10.8. The number of sulfonamides is 1. The topological polar surface area (TPSA) is 126 Å². The van der Waals surface area contributed by atoms with Gasteiger partial charge in [-0.1, -0.05) is 42.5 Å². The number of fused-ring (bicyclic) bond motifs is 1. The van der Waals surface area contributed by atoms with Crippen molar-refractivity contribution in [2.24, 2.45) is 0 Å². The Hall–Kier alpha value is -3.02. The molecule has 0 radical (unpaired) electrons. The maximum absolute atomic E-state index is 13.3. The molecule has 0 saturated heterocycles. The fourth-order valence-corrected chi connectivity index (χ4v) is 5.44. The number of nitrogens with zero attached hydrogens (tertiary/aromatic N) is 2. The second kappa shape index (κ2) is 13.3. The number of aliphatic hydroxyl groups is 1. The molecule has 3 aromatic rings. The van der Waals surface area contributed by atoms with Gasteiger partial charge in [0.05, 0.1) is 12.4 Å². The Morgan fingerprint density at radius 1 is 1.08 bits per heavy atom. The standard InChI is InChI=1S/C26H34N4O5S/c1-29(16-17-31)14-4-18-36(34,35)30(15-13-23-19-27-25-6-3-2-5-24(23)25)20-22-9-7-21(8-10-22)11-12-26(32)28-33/h2-3,5-12,19,27,31,33H,4,13-18,20H2,1H3,(H,28,32)/b12-11+. The van der Waals surface area contributed by atoms with Gasteiger partial charge >= 0.3 is 0 Å². The van der Waals surface area contributed by atoms with E-state index in [0.29, 0.717) is 32.5 Å². The van der Waals surface area contributed by atoms with E-state index in [1.807, 2.05) is 54.5 Å². The lowest BCUT2D eigenvalue weighted by Gasteiger charge is -2.23. The van der Waals surface area contributed by atoms with E-state index >= 15 is 0 Å². The van der Waals surface area contributed by atoms with Gasteiger partial charge in [-0.3, -0.25) is 10.0 Å². The number of likely N-dealkylation sites (N-methyl/N-ethyl adjacent to an activating group) is 1. The minimum Gasteiger partial charge on any atom is -0.395 e. The van der Waals surface area contributed by atoms with Crippen LogP contribution in [0.15, 0.2) is 60.8 Å². The van der Waals surface area contributed by atoms with Crippen molar-refractivity contribution in [1.82, 2.24) is 19.7 Å². The van der Waals surface area contributed by atoms with Gasteiger partial charge in [-0.2, -0.15) is 4.31 Å². The zero-order valence-electron chi connectivity index (χ0n) is 20.4. The van der Waals surface area contributed by atoms with Gasteiger partial charge in [-0.15, -0.1) is 0 Å². The lowest BCUT2D eigenvalue weighted by atomic mass is 10.1. The lowest BCUT2D eigenvalue weighted by molar-refractivity contribution is -0.124. The summed E-state index contributed by atoms with van der Waals surface area (Å²) < 4.78 is 28.2. The van der Waals surface area contributed by atoms with Crippen LogP contribution in [0.3, 0.4) is 0 Å². The molecular formula is C26H34N4O5S. The van der Waals surface area contributed by atoms with Crippen LogP contribution in [0.25, 0.3) is 17.0 Å². The fraction of sp³-hybridized carbons (Fsp3) is 0.346. The second-order valence-electron chi connectivity index (χ2n) is 8.69. The molecule has 1 amide bonds. The summed E-state index contributed by atoms with van der Waals surface area (Å²) in [5.74, 6) is -0.605. The van der Waals surface area contributed by atoms with Crippen LogP contribution in [0.4, 0.5) is 0 Å². The number of nitrogens with one attached hydrogen (secondary N) is 2. The highest BCUT2D eigenvalue weighted by molar-refractivity contribution is 7.89. The summed E-state index contributed by atoms with van der Waals surface area (Å²) in [6.45, 7) is 1.70. The molecule has 0 bridgehead atoms. The van der Waals surface area contributed by atoms with Crippen molar-refractivity contribution in [2.75, 3.05) is 39.0 Å². The molecular weight excluding hydrogens is 480 g/mol. The molecule has 4 N–H and O–H groups in total. The first-order chi connectivity index (χ1) is 17.3. The molecule has 2 aromatic carbocycles. The molecule has 36 heavy (non-hydrogen) atoms. The highest BCUT2D eigenvalue weighted by atomic mass is 32.2. The summed E-state index contributed by atoms with van der Waals surface area (Å²) in [6.07, 6.45) is 5.75. The van der Waals surface area contributed by atoms with Crippen molar-refractivity contribution < 1.29 is 23.5 Å². The summed E-state index contributed by atoms with van der Waals surface area (Å²) in [4.78, 5) is 16.3. The number of benzene rings is 2. The van der Waals surface area contributed by atoms with Gasteiger partial charge in [0.1, 0.15) is 0 Å². The zero-order valence-corrected chi connectivity index (χ0v) is 21.2. The lowest BCUT2D eigenvalue weighted by Crippen LogP contribution is -2.35. The normalized spacial score (nSPS) is 12.2.